The maximum atomic E-state index is 11.6. The molecule has 0 unspecified atom stereocenters. The molecule has 0 N–H and O–H groups in total. The van der Waals surface area contributed by atoms with E-state index in [1.54, 1.807) is 19.1 Å². The number of sulfone groups is 1. The lowest BCUT2D eigenvalue weighted by molar-refractivity contribution is -0.145. The van der Waals surface area contributed by atoms with Crippen LogP contribution in [0.2, 0.25) is 0 Å². The van der Waals surface area contributed by atoms with Crippen LogP contribution in [-0.4, -0.2) is 39.8 Å². The zero-order valence-corrected chi connectivity index (χ0v) is 17.9. The van der Waals surface area contributed by atoms with E-state index in [4.69, 9.17) is 4.74 Å². The van der Waals surface area contributed by atoms with E-state index in [1.165, 1.54) is 18.4 Å². The Labute approximate surface area is 177 Å². The van der Waals surface area contributed by atoms with Crippen LogP contribution in [0.3, 0.4) is 0 Å². The Morgan fingerprint density at radius 3 is 1.97 bits per heavy atom. The molecule has 2 aromatic rings. The van der Waals surface area contributed by atoms with E-state index in [0.29, 0.717) is 16.9 Å². The number of carbonyl (C=O) groups excluding carboxylic acids is 1. The van der Waals surface area contributed by atoms with Crippen molar-refractivity contribution in [3.8, 4) is 0 Å². The van der Waals surface area contributed by atoms with E-state index in [-0.39, 0.29) is 17.0 Å². The molecular formula is C22H25N3O4S. The largest absolute Gasteiger partial charge is 0.459 e. The monoisotopic (exact) mass is 427 g/mol. The number of azo groups is 1. The Hall–Kier alpha value is -3.00. The maximum absolute atomic E-state index is 11.6. The van der Waals surface area contributed by atoms with E-state index in [2.05, 4.69) is 21.7 Å². The zero-order valence-electron chi connectivity index (χ0n) is 17.1. The Balaban J connectivity index is 1.56. The number of carbonyl (C=O) groups is 1. The minimum Gasteiger partial charge on any atom is -0.459 e. The average Bonchev–Trinajstić information content (AvgIpc) is 2.73. The molecule has 1 heterocycles. The van der Waals surface area contributed by atoms with E-state index in [0.717, 1.165) is 31.6 Å². The molecule has 0 aromatic heterocycles. The van der Waals surface area contributed by atoms with Crippen LogP contribution in [0.4, 0.5) is 17.1 Å². The number of esters is 1. The first-order chi connectivity index (χ1) is 14.2. The lowest BCUT2D eigenvalue weighted by Crippen LogP contribution is -2.37. The van der Waals surface area contributed by atoms with Gasteiger partial charge in [0.05, 0.1) is 16.3 Å². The number of nitrogens with zero attached hydrogens (tertiary/aromatic N) is 3. The number of piperidine rings is 1. The Kier molecular flexibility index (Phi) is 6.66. The second kappa shape index (κ2) is 9.21. The van der Waals surface area contributed by atoms with Gasteiger partial charge in [0.15, 0.2) is 9.84 Å². The van der Waals surface area contributed by atoms with Crippen LogP contribution in [0.1, 0.15) is 19.8 Å². The highest BCUT2D eigenvalue weighted by molar-refractivity contribution is 7.90. The molecule has 1 saturated heterocycles. The standard InChI is InChI=1S/C22H25N3O4S/c1-16(2)22(26)29-20-12-14-25(15-13-20)19-8-4-17(5-9-19)23-24-18-6-10-21(11-7-18)30(3,27)28/h4-11,20H,1,12-15H2,2-3H3/b24-23+. The molecule has 8 heteroatoms. The molecule has 1 aliphatic heterocycles. The predicted molar refractivity (Wildman–Crippen MR) is 116 cm³/mol. The van der Waals surface area contributed by atoms with Gasteiger partial charge < -0.3 is 9.64 Å². The van der Waals surface area contributed by atoms with Crippen LogP contribution in [0, 0.1) is 0 Å². The number of anilines is 1. The molecular weight excluding hydrogens is 402 g/mol. The second-order valence-electron chi connectivity index (χ2n) is 7.35. The van der Waals surface area contributed by atoms with Gasteiger partial charge in [-0.3, -0.25) is 0 Å². The van der Waals surface area contributed by atoms with Crippen molar-refractivity contribution in [2.75, 3.05) is 24.2 Å². The number of benzene rings is 2. The van der Waals surface area contributed by atoms with Gasteiger partial charge in [-0.15, -0.1) is 0 Å². The van der Waals surface area contributed by atoms with Gasteiger partial charge in [0.2, 0.25) is 0 Å². The number of hydrogen-bond donors (Lipinski definition) is 0. The van der Waals surface area contributed by atoms with Gasteiger partial charge in [0.1, 0.15) is 6.10 Å². The summed E-state index contributed by atoms with van der Waals surface area (Å²) in [4.78, 5) is 14.1. The fourth-order valence-corrected chi connectivity index (χ4v) is 3.72. The van der Waals surface area contributed by atoms with Gasteiger partial charge in [-0.05, 0) is 55.5 Å². The van der Waals surface area contributed by atoms with Crippen molar-refractivity contribution >= 4 is 32.9 Å². The predicted octanol–water partition coefficient (Wildman–Crippen LogP) is 4.59. The van der Waals surface area contributed by atoms with Crippen molar-refractivity contribution in [3.05, 3.63) is 60.7 Å². The summed E-state index contributed by atoms with van der Waals surface area (Å²) in [7, 11) is -3.22. The summed E-state index contributed by atoms with van der Waals surface area (Å²) >= 11 is 0. The Bertz CT molecular complexity index is 1040. The minimum absolute atomic E-state index is 0.0624. The van der Waals surface area contributed by atoms with Gasteiger partial charge >= 0.3 is 5.97 Å². The van der Waals surface area contributed by atoms with E-state index >= 15 is 0 Å². The van der Waals surface area contributed by atoms with Gasteiger partial charge in [-0.1, -0.05) is 6.58 Å². The summed E-state index contributed by atoms with van der Waals surface area (Å²) in [6, 6.07) is 14.0. The molecule has 0 amide bonds. The number of hydrogen-bond acceptors (Lipinski definition) is 7. The SMILES string of the molecule is C=C(C)C(=O)OC1CCN(c2ccc(/N=N/c3ccc(S(C)(=O)=O)cc3)cc2)CC1. The van der Waals surface area contributed by atoms with Crippen molar-refractivity contribution in [1.82, 2.24) is 0 Å². The van der Waals surface area contributed by atoms with Gasteiger partial charge in [0, 0.05) is 43.4 Å². The molecule has 0 radical (unpaired) electrons. The van der Waals surface area contributed by atoms with Crippen molar-refractivity contribution in [3.63, 3.8) is 0 Å². The average molecular weight is 428 g/mol. The normalized spacial score (nSPS) is 15.3. The molecule has 30 heavy (non-hydrogen) atoms. The molecule has 0 spiro atoms. The summed E-state index contributed by atoms with van der Waals surface area (Å²) < 4.78 is 28.4. The Morgan fingerprint density at radius 1 is 1.00 bits per heavy atom. The fourth-order valence-electron chi connectivity index (χ4n) is 3.09. The molecule has 3 rings (SSSR count). The molecule has 1 aliphatic rings. The molecule has 1 fully saturated rings. The smallest absolute Gasteiger partial charge is 0.333 e. The first-order valence-corrected chi connectivity index (χ1v) is 11.5. The molecule has 158 valence electrons. The minimum atomic E-state index is -3.22. The molecule has 0 saturated carbocycles. The fraction of sp³-hybridized carbons (Fsp3) is 0.318. The summed E-state index contributed by atoms with van der Waals surface area (Å²) in [5.41, 5.74) is 2.79. The van der Waals surface area contributed by atoms with Crippen LogP contribution in [0.15, 0.2) is 75.8 Å². The zero-order chi connectivity index (χ0) is 21.7. The topological polar surface area (TPSA) is 88.4 Å². The highest BCUT2D eigenvalue weighted by Crippen LogP contribution is 2.26. The third-order valence-corrected chi connectivity index (χ3v) is 5.95. The summed E-state index contributed by atoms with van der Waals surface area (Å²) in [5.74, 6) is -0.325. The van der Waals surface area contributed by atoms with Crippen LogP contribution < -0.4 is 4.90 Å². The summed E-state index contributed by atoms with van der Waals surface area (Å²) in [6.45, 7) is 6.88. The first-order valence-electron chi connectivity index (χ1n) is 9.66. The lowest BCUT2D eigenvalue weighted by atomic mass is 10.1. The summed E-state index contributed by atoms with van der Waals surface area (Å²) in [5, 5.41) is 8.36. The van der Waals surface area contributed by atoms with Crippen molar-refractivity contribution < 1.29 is 17.9 Å². The number of ether oxygens (including phenoxy) is 1. The third-order valence-electron chi connectivity index (χ3n) is 4.82. The molecule has 0 aliphatic carbocycles. The quantitative estimate of drug-likeness (QED) is 0.382. The third kappa shape index (κ3) is 5.76. The highest BCUT2D eigenvalue weighted by atomic mass is 32.2. The van der Waals surface area contributed by atoms with Crippen LogP contribution >= 0.6 is 0 Å². The van der Waals surface area contributed by atoms with Gasteiger partial charge in [-0.2, -0.15) is 10.2 Å². The first kappa shape index (κ1) is 21.7. The van der Waals surface area contributed by atoms with Crippen molar-refractivity contribution in [1.29, 1.82) is 0 Å². The van der Waals surface area contributed by atoms with Gasteiger partial charge in [0.25, 0.3) is 0 Å². The van der Waals surface area contributed by atoms with Crippen LogP contribution in [0.5, 0.6) is 0 Å². The Morgan fingerprint density at radius 2 is 1.50 bits per heavy atom. The molecule has 0 bridgehead atoms. The maximum Gasteiger partial charge on any atom is 0.333 e. The molecule has 2 aromatic carbocycles. The van der Waals surface area contributed by atoms with E-state index in [9.17, 15) is 13.2 Å². The molecule has 7 nitrogen and oxygen atoms in total. The number of rotatable bonds is 6. The molecule has 0 atom stereocenters. The highest BCUT2D eigenvalue weighted by Gasteiger charge is 2.22. The summed E-state index contributed by atoms with van der Waals surface area (Å²) in [6.07, 6.45) is 2.67. The van der Waals surface area contributed by atoms with Crippen LogP contribution in [0.25, 0.3) is 0 Å². The van der Waals surface area contributed by atoms with E-state index < -0.39 is 9.84 Å². The van der Waals surface area contributed by atoms with Crippen molar-refractivity contribution in [2.24, 2.45) is 10.2 Å². The second-order valence-corrected chi connectivity index (χ2v) is 9.37. The van der Waals surface area contributed by atoms with E-state index in [1.807, 2.05) is 24.3 Å². The van der Waals surface area contributed by atoms with Crippen LogP contribution in [-0.2, 0) is 19.4 Å². The lowest BCUT2D eigenvalue weighted by Gasteiger charge is -2.33. The van der Waals surface area contributed by atoms with Crippen molar-refractivity contribution in [2.45, 2.75) is 30.8 Å². The van der Waals surface area contributed by atoms with Gasteiger partial charge in [-0.25, -0.2) is 13.2 Å².